The number of likely N-dealkylation sites (tertiary alicyclic amines) is 1. The highest BCUT2D eigenvalue weighted by Gasteiger charge is 2.38. The van der Waals surface area contributed by atoms with Crippen molar-refractivity contribution >= 4 is 16.2 Å². The van der Waals surface area contributed by atoms with Crippen LogP contribution in [0.2, 0.25) is 0 Å². The SMILES string of the molecule is C[C@@H](OS(C)(=O)=O)C1CN(C(=O)OC(C)(C)C)C1. The van der Waals surface area contributed by atoms with Gasteiger partial charge in [0.2, 0.25) is 0 Å². The van der Waals surface area contributed by atoms with Crippen LogP contribution in [-0.4, -0.2) is 50.5 Å². The third kappa shape index (κ3) is 4.81. The third-order valence-electron chi connectivity index (χ3n) is 2.55. The van der Waals surface area contributed by atoms with Crippen molar-refractivity contribution in [2.75, 3.05) is 19.3 Å². The van der Waals surface area contributed by atoms with Crippen molar-refractivity contribution in [2.24, 2.45) is 5.92 Å². The second-order valence-electron chi connectivity index (χ2n) is 5.65. The highest BCUT2D eigenvalue weighted by atomic mass is 32.2. The van der Waals surface area contributed by atoms with Gasteiger partial charge in [-0.2, -0.15) is 8.42 Å². The summed E-state index contributed by atoms with van der Waals surface area (Å²) in [5, 5.41) is 0. The zero-order chi connectivity index (χ0) is 14.1. The van der Waals surface area contributed by atoms with Gasteiger partial charge in [-0.15, -0.1) is 0 Å². The first-order valence-corrected chi connectivity index (χ1v) is 7.66. The number of amides is 1. The lowest BCUT2D eigenvalue weighted by Gasteiger charge is -2.41. The molecule has 0 aliphatic carbocycles. The Hall–Kier alpha value is -0.820. The van der Waals surface area contributed by atoms with Gasteiger partial charge in [0.1, 0.15) is 5.60 Å². The van der Waals surface area contributed by atoms with E-state index in [0.29, 0.717) is 13.1 Å². The number of hydrogen-bond donors (Lipinski definition) is 0. The lowest BCUT2D eigenvalue weighted by Crippen LogP contribution is -2.55. The summed E-state index contributed by atoms with van der Waals surface area (Å²) < 4.78 is 32.0. The fourth-order valence-corrected chi connectivity index (χ4v) is 2.35. The van der Waals surface area contributed by atoms with E-state index < -0.39 is 21.8 Å². The molecular weight excluding hydrogens is 258 g/mol. The van der Waals surface area contributed by atoms with Crippen molar-refractivity contribution in [2.45, 2.75) is 39.4 Å². The van der Waals surface area contributed by atoms with E-state index in [4.69, 9.17) is 8.92 Å². The van der Waals surface area contributed by atoms with Gasteiger partial charge in [-0.25, -0.2) is 4.79 Å². The largest absolute Gasteiger partial charge is 0.444 e. The van der Waals surface area contributed by atoms with Crippen molar-refractivity contribution < 1.29 is 22.1 Å². The zero-order valence-corrected chi connectivity index (χ0v) is 12.3. The molecule has 0 aromatic rings. The molecule has 1 amide bonds. The van der Waals surface area contributed by atoms with Crippen LogP contribution < -0.4 is 0 Å². The van der Waals surface area contributed by atoms with E-state index in [1.54, 1.807) is 27.7 Å². The summed E-state index contributed by atoms with van der Waals surface area (Å²) in [7, 11) is -3.45. The molecular formula is C11H21NO5S. The Morgan fingerprint density at radius 2 is 1.83 bits per heavy atom. The van der Waals surface area contributed by atoms with E-state index in [-0.39, 0.29) is 12.0 Å². The van der Waals surface area contributed by atoms with Crippen LogP contribution in [0.4, 0.5) is 4.79 Å². The fraction of sp³-hybridized carbons (Fsp3) is 0.909. The Kier molecular flexibility index (Phi) is 4.27. The van der Waals surface area contributed by atoms with E-state index in [0.717, 1.165) is 6.26 Å². The smallest absolute Gasteiger partial charge is 0.410 e. The summed E-state index contributed by atoms with van der Waals surface area (Å²) >= 11 is 0. The molecule has 0 aromatic carbocycles. The van der Waals surface area contributed by atoms with Crippen LogP contribution in [-0.2, 0) is 19.0 Å². The van der Waals surface area contributed by atoms with E-state index in [1.807, 2.05) is 0 Å². The second-order valence-corrected chi connectivity index (χ2v) is 7.25. The maximum Gasteiger partial charge on any atom is 0.410 e. The highest BCUT2D eigenvalue weighted by molar-refractivity contribution is 7.86. The molecule has 1 saturated heterocycles. The van der Waals surface area contributed by atoms with E-state index in [2.05, 4.69) is 0 Å². The van der Waals surface area contributed by atoms with Gasteiger partial charge in [-0.05, 0) is 27.7 Å². The number of carbonyl (C=O) groups excluding carboxylic acids is 1. The summed E-state index contributed by atoms with van der Waals surface area (Å²) in [6, 6.07) is 0. The van der Waals surface area contributed by atoms with Gasteiger partial charge < -0.3 is 9.64 Å². The molecule has 0 unspecified atom stereocenters. The average Bonchev–Trinajstić information content (AvgIpc) is 1.91. The Labute approximate surface area is 108 Å². The van der Waals surface area contributed by atoms with Crippen LogP contribution in [0.1, 0.15) is 27.7 Å². The van der Waals surface area contributed by atoms with Crippen LogP contribution in [0.15, 0.2) is 0 Å². The molecule has 7 heteroatoms. The Morgan fingerprint density at radius 1 is 1.33 bits per heavy atom. The Balaban J connectivity index is 2.38. The molecule has 0 radical (unpaired) electrons. The van der Waals surface area contributed by atoms with Crippen LogP contribution in [0.3, 0.4) is 0 Å². The monoisotopic (exact) mass is 279 g/mol. The van der Waals surface area contributed by atoms with Crippen LogP contribution in [0.25, 0.3) is 0 Å². The second kappa shape index (κ2) is 5.05. The molecule has 1 fully saturated rings. The van der Waals surface area contributed by atoms with Gasteiger partial charge in [-0.1, -0.05) is 0 Å². The molecule has 18 heavy (non-hydrogen) atoms. The molecule has 6 nitrogen and oxygen atoms in total. The lowest BCUT2D eigenvalue weighted by atomic mass is 9.95. The highest BCUT2D eigenvalue weighted by Crippen LogP contribution is 2.24. The van der Waals surface area contributed by atoms with E-state index >= 15 is 0 Å². The molecule has 0 aromatic heterocycles. The summed E-state index contributed by atoms with van der Waals surface area (Å²) in [4.78, 5) is 13.2. The number of carbonyl (C=O) groups is 1. The first kappa shape index (κ1) is 15.2. The van der Waals surface area contributed by atoms with Crippen molar-refractivity contribution in [1.82, 2.24) is 4.90 Å². The van der Waals surface area contributed by atoms with Gasteiger partial charge in [-0.3, -0.25) is 4.18 Å². The molecule has 1 aliphatic heterocycles. The Bertz CT molecular complexity index is 406. The molecule has 1 rings (SSSR count). The number of nitrogens with zero attached hydrogens (tertiary/aromatic N) is 1. The predicted octanol–water partition coefficient (Wildman–Crippen LogP) is 1.22. The quantitative estimate of drug-likeness (QED) is 0.726. The minimum absolute atomic E-state index is 0.0345. The number of rotatable bonds is 3. The first-order valence-electron chi connectivity index (χ1n) is 5.84. The van der Waals surface area contributed by atoms with Crippen LogP contribution in [0, 0.1) is 5.92 Å². The van der Waals surface area contributed by atoms with Gasteiger partial charge in [0.05, 0.1) is 12.4 Å². The van der Waals surface area contributed by atoms with E-state index in [9.17, 15) is 13.2 Å². The summed E-state index contributed by atoms with van der Waals surface area (Å²) in [6.45, 7) is 8.03. The maximum absolute atomic E-state index is 11.6. The van der Waals surface area contributed by atoms with E-state index in [1.165, 1.54) is 4.90 Å². The first-order chi connectivity index (χ1) is 7.98. The predicted molar refractivity (Wildman–Crippen MR) is 66.7 cm³/mol. The molecule has 0 N–H and O–H groups in total. The van der Waals surface area contributed by atoms with Crippen molar-refractivity contribution in [3.8, 4) is 0 Å². The molecule has 0 saturated carbocycles. The summed E-state index contributed by atoms with van der Waals surface area (Å²) in [6.07, 6.45) is 0.234. The normalized spacial score (nSPS) is 19.3. The standard InChI is InChI=1S/C11H21NO5S/c1-8(17-18(5,14)15)9-6-12(7-9)10(13)16-11(2,3)4/h8-9H,6-7H2,1-5H3/t8-/m1/s1. The lowest BCUT2D eigenvalue weighted by molar-refractivity contribution is -0.0199. The van der Waals surface area contributed by atoms with Crippen LogP contribution in [0.5, 0.6) is 0 Å². The molecule has 1 aliphatic rings. The van der Waals surface area contributed by atoms with Crippen LogP contribution >= 0.6 is 0 Å². The number of ether oxygens (including phenoxy) is 1. The van der Waals surface area contributed by atoms with Gasteiger partial charge in [0, 0.05) is 19.0 Å². The summed E-state index contributed by atoms with van der Waals surface area (Å²) in [5.41, 5.74) is -0.517. The molecule has 1 atom stereocenters. The maximum atomic E-state index is 11.6. The van der Waals surface area contributed by atoms with Crippen molar-refractivity contribution in [3.63, 3.8) is 0 Å². The van der Waals surface area contributed by atoms with Crippen molar-refractivity contribution in [3.05, 3.63) is 0 Å². The third-order valence-corrected chi connectivity index (χ3v) is 3.21. The molecule has 0 spiro atoms. The molecule has 1 heterocycles. The number of hydrogen-bond acceptors (Lipinski definition) is 5. The molecule has 0 bridgehead atoms. The summed E-state index contributed by atoms with van der Waals surface area (Å²) in [5.74, 6) is 0.0345. The Morgan fingerprint density at radius 3 is 2.22 bits per heavy atom. The van der Waals surface area contributed by atoms with Gasteiger partial charge in [0.15, 0.2) is 0 Å². The van der Waals surface area contributed by atoms with Gasteiger partial charge in [0.25, 0.3) is 10.1 Å². The topological polar surface area (TPSA) is 72.9 Å². The average molecular weight is 279 g/mol. The minimum Gasteiger partial charge on any atom is -0.444 e. The van der Waals surface area contributed by atoms with Crippen molar-refractivity contribution in [1.29, 1.82) is 0 Å². The fourth-order valence-electron chi connectivity index (χ4n) is 1.64. The molecule has 106 valence electrons. The minimum atomic E-state index is -3.45. The zero-order valence-electron chi connectivity index (χ0n) is 11.5. The van der Waals surface area contributed by atoms with Gasteiger partial charge >= 0.3 is 6.09 Å².